The van der Waals surface area contributed by atoms with Gasteiger partial charge in [-0.3, -0.25) is 0 Å². The van der Waals surface area contributed by atoms with Gasteiger partial charge in [0.1, 0.15) is 5.01 Å². The molecule has 3 rings (SSSR count). The molecule has 1 aromatic heterocycles. The number of thiazole rings is 1. The molecular formula is C12H11BrN2S. The van der Waals surface area contributed by atoms with Crippen molar-refractivity contribution in [2.45, 2.75) is 13.0 Å². The van der Waals surface area contributed by atoms with Crippen molar-refractivity contribution < 1.29 is 0 Å². The lowest BCUT2D eigenvalue weighted by atomic mass is 10.2. The summed E-state index contributed by atoms with van der Waals surface area (Å²) in [5.41, 5.74) is 2.44. The Morgan fingerprint density at radius 1 is 1.25 bits per heavy atom. The largest absolute Gasteiger partial charge is 0.311 e. The summed E-state index contributed by atoms with van der Waals surface area (Å²) in [4.78, 5) is 6.13. The van der Waals surface area contributed by atoms with Crippen LogP contribution in [0.25, 0.3) is 10.6 Å². The Balaban J connectivity index is 2.00. The summed E-state index contributed by atoms with van der Waals surface area (Å²) in [6.07, 6.45) is 1.11. The van der Waals surface area contributed by atoms with Crippen LogP contribution in [0.4, 0.5) is 0 Å². The van der Waals surface area contributed by atoms with E-state index in [-0.39, 0.29) is 0 Å². The fourth-order valence-electron chi connectivity index (χ4n) is 1.84. The lowest BCUT2D eigenvalue weighted by molar-refractivity contribution is 0.639. The lowest BCUT2D eigenvalue weighted by Gasteiger charge is -2.09. The first-order valence-electron chi connectivity index (χ1n) is 5.28. The van der Waals surface area contributed by atoms with Crippen molar-refractivity contribution in [3.63, 3.8) is 0 Å². The summed E-state index contributed by atoms with van der Waals surface area (Å²) in [7, 11) is 0. The lowest BCUT2D eigenvalue weighted by Crippen LogP contribution is -2.22. The van der Waals surface area contributed by atoms with E-state index in [0.29, 0.717) is 0 Å². The zero-order valence-electron chi connectivity index (χ0n) is 8.66. The standard InChI is InChI=1S/C12H11BrN2S/c13-9-3-1-8(2-4-9)12-15-10-7-14-6-5-11(10)16-12/h1-4,14H,5-7H2. The molecule has 0 amide bonds. The fraction of sp³-hybridized carbons (Fsp3) is 0.250. The molecule has 2 heterocycles. The summed E-state index contributed by atoms with van der Waals surface area (Å²) in [5.74, 6) is 0. The van der Waals surface area contributed by atoms with E-state index in [1.165, 1.54) is 16.1 Å². The second-order valence-electron chi connectivity index (χ2n) is 3.82. The van der Waals surface area contributed by atoms with Crippen LogP contribution >= 0.6 is 27.3 Å². The molecule has 0 fully saturated rings. The summed E-state index contributed by atoms with van der Waals surface area (Å²) < 4.78 is 1.11. The molecule has 2 nitrogen and oxygen atoms in total. The molecule has 0 saturated heterocycles. The van der Waals surface area contributed by atoms with Crippen LogP contribution in [-0.2, 0) is 13.0 Å². The molecule has 0 aliphatic carbocycles. The number of fused-ring (bicyclic) bond motifs is 1. The Labute approximate surface area is 107 Å². The number of rotatable bonds is 1. The molecular weight excluding hydrogens is 284 g/mol. The zero-order chi connectivity index (χ0) is 11.0. The van der Waals surface area contributed by atoms with Crippen LogP contribution in [0.2, 0.25) is 0 Å². The molecule has 1 N–H and O–H groups in total. The van der Waals surface area contributed by atoms with Gasteiger partial charge in [-0.25, -0.2) is 4.98 Å². The fourth-order valence-corrected chi connectivity index (χ4v) is 3.19. The van der Waals surface area contributed by atoms with Crippen molar-refractivity contribution in [1.82, 2.24) is 10.3 Å². The SMILES string of the molecule is Brc1ccc(-c2nc3c(s2)CCNC3)cc1. The highest BCUT2D eigenvalue weighted by molar-refractivity contribution is 9.10. The normalized spacial score (nSPS) is 14.8. The average molecular weight is 295 g/mol. The maximum atomic E-state index is 4.69. The molecule has 82 valence electrons. The van der Waals surface area contributed by atoms with Crippen molar-refractivity contribution in [1.29, 1.82) is 0 Å². The van der Waals surface area contributed by atoms with Crippen molar-refractivity contribution in [2.75, 3.05) is 6.54 Å². The first-order chi connectivity index (χ1) is 7.83. The molecule has 0 bridgehead atoms. The van der Waals surface area contributed by atoms with Gasteiger partial charge >= 0.3 is 0 Å². The number of hydrogen-bond donors (Lipinski definition) is 1. The Hall–Kier alpha value is -0.710. The maximum Gasteiger partial charge on any atom is 0.123 e. The Kier molecular flexibility index (Phi) is 2.79. The van der Waals surface area contributed by atoms with Gasteiger partial charge in [0, 0.05) is 28.0 Å². The van der Waals surface area contributed by atoms with Gasteiger partial charge < -0.3 is 5.32 Å². The molecule has 16 heavy (non-hydrogen) atoms. The van der Waals surface area contributed by atoms with Crippen LogP contribution in [0.1, 0.15) is 10.6 Å². The highest BCUT2D eigenvalue weighted by atomic mass is 79.9. The van der Waals surface area contributed by atoms with Gasteiger partial charge in [0.15, 0.2) is 0 Å². The minimum Gasteiger partial charge on any atom is -0.311 e. The zero-order valence-corrected chi connectivity index (χ0v) is 11.1. The van der Waals surface area contributed by atoms with Gasteiger partial charge in [0.2, 0.25) is 0 Å². The molecule has 1 aliphatic rings. The maximum absolute atomic E-state index is 4.69. The highest BCUT2D eigenvalue weighted by Crippen LogP contribution is 2.30. The third-order valence-electron chi connectivity index (χ3n) is 2.69. The van der Waals surface area contributed by atoms with Crippen LogP contribution in [0.15, 0.2) is 28.7 Å². The van der Waals surface area contributed by atoms with Gasteiger partial charge in [0.25, 0.3) is 0 Å². The molecule has 0 radical (unpaired) electrons. The summed E-state index contributed by atoms with van der Waals surface area (Å²) in [6.45, 7) is 2.00. The summed E-state index contributed by atoms with van der Waals surface area (Å²) in [5, 5.41) is 4.49. The van der Waals surface area contributed by atoms with Gasteiger partial charge in [-0.2, -0.15) is 0 Å². The summed E-state index contributed by atoms with van der Waals surface area (Å²) in [6, 6.07) is 8.35. The molecule has 0 atom stereocenters. The predicted octanol–water partition coefficient (Wildman–Crippen LogP) is 3.22. The van der Waals surface area contributed by atoms with E-state index >= 15 is 0 Å². The molecule has 4 heteroatoms. The van der Waals surface area contributed by atoms with Crippen molar-refractivity contribution in [2.24, 2.45) is 0 Å². The van der Waals surface area contributed by atoms with Gasteiger partial charge in [-0.05, 0) is 18.6 Å². The number of halogens is 1. The Morgan fingerprint density at radius 2 is 2.06 bits per heavy atom. The Bertz CT molecular complexity index is 481. The second-order valence-corrected chi connectivity index (χ2v) is 5.82. The highest BCUT2D eigenvalue weighted by Gasteiger charge is 2.15. The Morgan fingerprint density at radius 3 is 2.81 bits per heavy atom. The first-order valence-corrected chi connectivity index (χ1v) is 6.89. The van der Waals surface area contributed by atoms with E-state index in [4.69, 9.17) is 4.98 Å². The van der Waals surface area contributed by atoms with Crippen LogP contribution < -0.4 is 5.32 Å². The first kappa shape index (κ1) is 10.4. The topological polar surface area (TPSA) is 24.9 Å². The predicted molar refractivity (Wildman–Crippen MR) is 70.7 cm³/mol. The molecule has 0 spiro atoms. The van der Waals surface area contributed by atoms with E-state index in [2.05, 4.69) is 45.5 Å². The quantitative estimate of drug-likeness (QED) is 0.874. The molecule has 1 aromatic carbocycles. The van der Waals surface area contributed by atoms with Gasteiger partial charge in [0.05, 0.1) is 5.69 Å². The molecule has 2 aromatic rings. The van der Waals surface area contributed by atoms with Gasteiger partial charge in [-0.15, -0.1) is 11.3 Å². The molecule has 1 aliphatic heterocycles. The number of benzene rings is 1. The molecule has 0 unspecified atom stereocenters. The van der Waals surface area contributed by atoms with Crippen LogP contribution in [0, 0.1) is 0 Å². The third kappa shape index (κ3) is 1.93. The number of nitrogens with one attached hydrogen (secondary N) is 1. The van der Waals surface area contributed by atoms with E-state index in [1.807, 2.05) is 11.3 Å². The monoisotopic (exact) mass is 294 g/mol. The van der Waals surface area contributed by atoms with Gasteiger partial charge in [-0.1, -0.05) is 28.1 Å². The number of nitrogens with zero attached hydrogens (tertiary/aromatic N) is 1. The van der Waals surface area contributed by atoms with Crippen LogP contribution in [-0.4, -0.2) is 11.5 Å². The van der Waals surface area contributed by atoms with Crippen LogP contribution in [0.3, 0.4) is 0 Å². The van der Waals surface area contributed by atoms with E-state index < -0.39 is 0 Å². The van der Waals surface area contributed by atoms with Crippen molar-refractivity contribution in [3.8, 4) is 10.6 Å². The third-order valence-corrected chi connectivity index (χ3v) is 4.43. The minimum atomic E-state index is 0.919. The van der Waals surface area contributed by atoms with Crippen molar-refractivity contribution in [3.05, 3.63) is 39.3 Å². The minimum absolute atomic E-state index is 0.919. The molecule has 0 saturated carbocycles. The van der Waals surface area contributed by atoms with E-state index in [9.17, 15) is 0 Å². The van der Waals surface area contributed by atoms with Crippen LogP contribution in [0.5, 0.6) is 0 Å². The number of hydrogen-bond acceptors (Lipinski definition) is 3. The average Bonchev–Trinajstić information content (AvgIpc) is 2.73. The van der Waals surface area contributed by atoms with E-state index in [0.717, 1.165) is 29.0 Å². The second kappa shape index (κ2) is 4.28. The van der Waals surface area contributed by atoms with Crippen molar-refractivity contribution >= 4 is 27.3 Å². The van der Waals surface area contributed by atoms with E-state index in [1.54, 1.807) is 0 Å². The number of aromatic nitrogens is 1. The summed E-state index contributed by atoms with van der Waals surface area (Å²) >= 11 is 5.28. The smallest absolute Gasteiger partial charge is 0.123 e.